The lowest BCUT2D eigenvalue weighted by atomic mass is 9.91. The van der Waals surface area contributed by atoms with E-state index in [-0.39, 0.29) is 36.5 Å². The average Bonchev–Trinajstić information content (AvgIpc) is 3.31. The first kappa shape index (κ1) is 40.5. The molecule has 0 aromatic heterocycles. The minimum absolute atomic E-state index is 0.249. The van der Waals surface area contributed by atoms with Crippen LogP contribution in [-0.4, -0.2) is 39.2 Å². The van der Waals surface area contributed by atoms with Gasteiger partial charge in [0.15, 0.2) is 0 Å². The standard InChI is InChI=1S/C51H42O9/c1-55-49(52)43-28-37(19-22-46(43)58-31-34-13-7-4-8-14-34)40-25-41(38-20-23-47(44(29-38)50(53)56-2)59-32-35-15-9-5-10-16-35)27-42(26-40)39-21-24-48(45(30-39)51(54)57-3)60-33-36-17-11-6-12-18-36/h4-30H,31-33H2,1-3H3. The van der Waals surface area contributed by atoms with E-state index in [4.69, 9.17) is 28.4 Å². The zero-order valence-corrected chi connectivity index (χ0v) is 33.4. The van der Waals surface area contributed by atoms with Crippen molar-refractivity contribution in [1.82, 2.24) is 0 Å². The third-order valence-corrected chi connectivity index (χ3v) is 9.80. The number of methoxy groups -OCH3 is 3. The van der Waals surface area contributed by atoms with E-state index in [1.54, 1.807) is 36.4 Å². The second-order valence-corrected chi connectivity index (χ2v) is 13.7. The van der Waals surface area contributed by atoms with Crippen molar-refractivity contribution in [2.75, 3.05) is 21.3 Å². The predicted molar refractivity (Wildman–Crippen MR) is 229 cm³/mol. The lowest BCUT2D eigenvalue weighted by Crippen LogP contribution is -2.07. The van der Waals surface area contributed by atoms with Crippen LogP contribution in [0.1, 0.15) is 47.8 Å². The summed E-state index contributed by atoms with van der Waals surface area (Å²) >= 11 is 0. The molecule has 0 aliphatic rings. The first-order valence-electron chi connectivity index (χ1n) is 19.2. The van der Waals surface area contributed by atoms with Crippen molar-refractivity contribution in [2.24, 2.45) is 0 Å². The largest absolute Gasteiger partial charge is 0.488 e. The Bertz CT molecular complexity index is 2300. The van der Waals surface area contributed by atoms with Gasteiger partial charge in [-0.15, -0.1) is 0 Å². The molecular formula is C51H42O9. The normalized spacial score (nSPS) is 10.7. The summed E-state index contributed by atoms with van der Waals surface area (Å²) in [5, 5.41) is 0. The van der Waals surface area contributed by atoms with Gasteiger partial charge in [-0.2, -0.15) is 0 Å². The van der Waals surface area contributed by atoms with Gasteiger partial charge in [0.1, 0.15) is 53.8 Å². The van der Waals surface area contributed by atoms with Gasteiger partial charge in [0, 0.05) is 0 Å². The molecule has 0 saturated heterocycles. The zero-order valence-electron chi connectivity index (χ0n) is 33.4. The van der Waals surface area contributed by atoms with Crippen molar-refractivity contribution in [3.8, 4) is 50.6 Å². The minimum Gasteiger partial charge on any atom is -0.488 e. The summed E-state index contributed by atoms with van der Waals surface area (Å²) in [6.45, 7) is 0.765. The Morgan fingerprint density at radius 1 is 0.333 bits per heavy atom. The molecule has 0 unspecified atom stereocenters. The van der Waals surface area contributed by atoms with E-state index in [1.165, 1.54) is 21.3 Å². The molecule has 0 radical (unpaired) electrons. The maximum atomic E-state index is 13.2. The summed E-state index contributed by atoms with van der Waals surface area (Å²) in [4.78, 5) is 39.6. The molecule has 0 N–H and O–H groups in total. The predicted octanol–water partition coefficient (Wildman–Crippen LogP) is 10.8. The third-order valence-electron chi connectivity index (χ3n) is 9.80. The van der Waals surface area contributed by atoms with Crippen LogP contribution in [0.4, 0.5) is 0 Å². The molecule has 0 aliphatic carbocycles. The number of rotatable bonds is 15. The van der Waals surface area contributed by atoms with Gasteiger partial charge in [0.05, 0.1) is 21.3 Å². The van der Waals surface area contributed by atoms with Crippen molar-refractivity contribution in [3.63, 3.8) is 0 Å². The minimum atomic E-state index is -0.557. The van der Waals surface area contributed by atoms with Crippen LogP contribution in [0.2, 0.25) is 0 Å². The van der Waals surface area contributed by atoms with E-state index in [0.29, 0.717) is 33.9 Å². The fourth-order valence-electron chi connectivity index (χ4n) is 6.65. The Kier molecular flexibility index (Phi) is 13.0. The lowest BCUT2D eigenvalue weighted by molar-refractivity contribution is 0.0586. The van der Waals surface area contributed by atoms with Gasteiger partial charge in [0.25, 0.3) is 0 Å². The summed E-state index contributed by atoms with van der Waals surface area (Å²) < 4.78 is 33.9. The van der Waals surface area contributed by atoms with Crippen LogP contribution < -0.4 is 14.2 Å². The highest BCUT2D eigenvalue weighted by Gasteiger charge is 2.20. The molecule has 0 spiro atoms. The molecule has 7 aromatic rings. The lowest BCUT2D eigenvalue weighted by Gasteiger charge is -2.16. The first-order valence-corrected chi connectivity index (χ1v) is 19.2. The highest BCUT2D eigenvalue weighted by Crippen LogP contribution is 2.38. The van der Waals surface area contributed by atoms with Crippen molar-refractivity contribution in [1.29, 1.82) is 0 Å². The van der Waals surface area contributed by atoms with Crippen LogP contribution in [0.5, 0.6) is 17.2 Å². The van der Waals surface area contributed by atoms with Crippen LogP contribution >= 0.6 is 0 Å². The van der Waals surface area contributed by atoms with Crippen LogP contribution in [0.25, 0.3) is 33.4 Å². The Labute approximate surface area is 348 Å². The number of hydrogen-bond donors (Lipinski definition) is 0. The summed E-state index contributed by atoms with van der Waals surface area (Å²) in [5.74, 6) is -0.563. The van der Waals surface area contributed by atoms with Gasteiger partial charge in [0.2, 0.25) is 0 Å². The van der Waals surface area contributed by atoms with Crippen molar-refractivity contribution in [3.05, 3.63) is 197 Å². The van der Waals surface area contributed by atoms with Crippen LogP contribution in [0.3, 0.4) is 0 Å². The quantitative estimate of drug-likeness (QED) is 0.0740. The second kappa shape index (κ2) is 19.2. The summed E-state index contributed by atoms with van der Waals surface area (Å²) in [7, 11) is 3.98. The molecule has 9 heteroatoms. The van der Waals surface area contributed by atoms with Crippen molar-refractivity contribution < 1.29 is 42.8 Å². The molecule has 7 rings (SSSR count). The highest BCUT2D eigenvalue weighted by molar-refractivity contribution is 5.97. The Balaban J connectivity index is 1.33. The molecule has 0 atom stereocenters. The summed E-state index contributed by atoms with van der Waals surface area (Å²) in [6.07, 6.45) is 0. The molecular weight excluding hydrogens is 757 g/mol. The van der Waals surface area contributed by atoms with E-state index in [9.17, 15) is 14.4 Å². The molecule has 0 fully saturated rings. The molecule has 9 nitrogen and oxygen atoms in total. The number of ether oxygens (including phenoxy) is 6. The maximum absolute atomic E-state index is 13.2. The van der Waals surface area contributed by atoms with Gasteiger partial charge in [-0.1, -0.05) is 109 Å². The van der Waals surface area contributed by atoms with Crippen LogP contribution in [-0.2, 0) is 34.0 Å². The fourth-order valence-corrected chi connectivity index (χ4v) is 6.65. The molecule has 0 aliphatic heterocycles. The molecule has 7 aromatic carbocycles. The SMILES string of the molecule is COC(=O)c1cc(-c2cc(-c3ccc(OCc4ccccc4)c(C(=O)OC)c3)cc(-c3ccc(OCc4ccccc4)c(C(=O)OC)c3)c2)ccc1OCc1ccccc1. The summed E-state index contributed by atoms with van der Waals surface area (Å²) in [6, 6.07) is 50.9. The van der Waals surface area contributed by atoms with Crippen LogP contribution in [0.15, 0.2) is 164 Å². The number of benzene rings is 7. The van der Waals surface area contributed by atoms with E-state index < -0.39 is 17.9 Å². The molecule has 0 bridgehead atoms. The first-order chi connectivity index (χ1) is 29.3. The van der Waals surface area contributed by atoms with Gasteiger partial charge < -0.3 is 28.4 Å². The topological polar surface area (TPSA) is 107 Å². The number of carbonyl (C=O) groups is 3. The molecule has 60 heavy (non-hydrogen) atoms. The number of hydrogen-bond acceptors (Lipinski definition) is 9. The van der Waals surface area contributed by atoms with E-state index >= 15 is 0 Å². The van der Waals surface area contributed by atoms with Crippen molar-refractivity contribution >= 4 is 17.9 Å². The molecule has 0 amide bonds. The third kappa shape index (κ3) is 9.71. The van der Waals surface area contributed by atoms with Gasteiger partial charge in [-0.3, -0.25) is 0 Å². The summed E-state index contributed by atoms with van der Waals surface area (Å²) in [5.41, 5.74) is 7.85. The van der Waals surface area contributed by atoms with Crippen LogP contribution in [0, 0.1) is 0 Å². The molecule has 0 saturated carbocycles. The van der Waals surface area contributed by atoms with E-state index in [0.717, 1.165) is 33.4 Å². The maximum Gasteiger partial charge on any atom is 0.341 e. The Hall–Kier alpha value is -7.65. The Morgan fingerprint density at radius 2 is 0.600 bits per heavy atom. The monoisotopic (exact) mass is 798 g/mol. The van der Waals surface area contributed by atoms with Gasteiger partial charge in [-0.05, 0) is 105 Å². The van der Waals surface area contributed by atoms with E-state index in [1.807, 2.05) is 127 Å². The van der Waals surface area contributed by atoms with E-state index in [2.05, 4.69) is 0 Å². The van der Waals surface area contributed by atoms with Crippen molar-refractivity contribution in [2.45, 2.75) is 19.8 Å². The average molecular weight is 799 g/mol. The fraction of sp³-hybridized carbons (Fsp3) is 0.118. The number of esters is 3. The molecule has 0 heterocycles. The number of carbonyl (C=O) groups excluding carboxylic acids is 3. The Morgan fingerprint density at radius 3 is 0.850 bits per heavy atom. The van der Waals surface area contributed by atoms with Gasteiger partial charge >= 0.3 is 17.9 Å². The second-order valence-electron chi connectivity index (χ2n) is 13.7. The molecule has 300 valence electrons. The zero-order chi connectivity index (χ0) is 41.8. The van der Waals surface area contributed by atoms with Gasteiger partial charge in [-0.25, -0.2) is 14.4 Å². The smallest absolute Gasteiger partial charge is 0.341 e. The highest BCUT2D eigenvalue weighted by atomic mass is 16.5.